The van der Waals surface area contributed by atoms with Gasteiger partial charge in [-0.2, -0.15) is 5.10 Å². The number of primary amides is 1. The maximum absolute atomic E-state index is 13.5. The molecule has 3 aliphatic rings. The molecule has 8 heteroatoms. The molecule has 6 rings (SSSR count). The number of piperidine rings is 1. The minimum Gasteiger partial charge on any atom is -0.364 e. The summed E-state index contributed by atoms with van der Waals surface area (Å²) in [5.41, 5.74) is 7.68. The van der Waals surface area contributed by atoms with Crippen LogP contribution in [-0.2, 0) is 16.1 Å². The Labute approximate surface area is 209 Å². The van der Waals surface area contributed by atoms with E-state index in [9.17, 15) is 14.4 Å². The molecule has 1 aliphatic heterocycles. The van der Waals surface area contributed by atoms with Gasteiger partial charge in [0.1, 0.15) is 12.6 Å². The number of aromatic nitrogens is 2. The van der Waals surface area contributed by atoms with E-state index in [1.165, 1.54) is 10.2 Å². The minimum atomic E-state index is -0.626. The second-order valence-corrected chi connectivity index (χ2v) is 10.5. The van der Waals surface area contributed by atoms with Gasteiger partial charge in [0, 0.05) is 17.5 Å². The van der Waals surface area contributed by atoms with Gasteiger partial charge in [0.15, 0.2) is 5.69 Å². The molecule has 2 aliphatic carbocycles. The van der Waals surface area contributed by atoms with Gasteiger partial charge < -0.3 is 16.0 Å². The number of hydrogen-bond donors (Lipinski definition) is 2. The zero-order valence-corrected chi connectivity index (χ0v) is 20.2. The Morgan fingerprint density at radius 3 is 2.56 bits per heavy atom. The quantitative estimate of drug-likeness (QED) is 0.559. The van der Waals surface area contributed by atoms with E-state index in [2.05, 4.69) is 34.7 Å². The van der Waals surface area contributed by atoms with Crippen LogP contribution in [0.1, 0.15) is 60.5 Å². The number of carbonyl (C=O) groups excluding carboxylic acids is 3. The molecule has 3 aromatic rings. The maximum atomic E-state index is 13.5. The second kappa shape index (κ2) is 9.08. The molecule has 5 atom stereocenters. The Morgan fingerprint density at radius 1 is 0.972 bits per heavy atom. The number of hydrogen-bond acceptors (Lipinski definition) is 4. The van der Waals surface area contributed by atoms with Crippen molar-refractivity contribution < 1.29 is 14.4 Å². The van der Waals surface area contributed by atoms with Gasteiger partial charge >= 0.3 is 0 Å². The molecule has 36 heavy (non-hydrogen) atoms. The van der Waals surface area contributed by atoms with Crippen LogP contribution in [0.25, 0.3) is 10.9 Å². The maximum Gasteiger partial charge on any atom is 0.269 e. The van der Waals surface area contributed by atoms with Gasteiger partial charge in [-0.3, -0.25) is 19.1 Å². The first-order valence-electron chi connectivity index (χ1n) is 12.9. The minimum absolute atomic E-state index is 0.0275. The summed E-state index contributed by atoms with van der Waals surface area (Å²) in [6.07, 6.45) is 5.78. The number of nitrogens with zero attached hydrogens (tertiary/aromatic N) is 3. The first-order chi connectivity index (χ1) is 17.5. The highest BCUT2D eigenvalue weighted by atomic mass is 16.2. The lowest BCUT2D eigenvalue weighted by atomic mass is 9.81. The van der Waals surface area contributed by atoms with Crippen LogP contribution in [-0.4, -0.2) is 50.5 Å². The van der Waals surface area contributed by atoms with Gasteiger partial charge in [-0.25, -0.2) is 0 Å². The summed E-state index contributed by atoms with van der Waals surface area (Å²) in [7, 11) is 0. The van der Waals surface area contributed by atoms with Gasteiger partial charge in [0.25, 0.3) is 5.91 Å². The molecule has 3 fully saturated rings. The summed E-state index contributed by atoms with van der Waals surface area (Å²) in [6.45, 7) is -0.0275. The number of nitrogens with one attached hydrogen (secondary N) is 1. The van der Waals surface area contributed by atoms with Gasteiger partial charge in [-0.1, -0.05) is 55.0 Å². The molecule has 1 aromatic heterocycles. The van der Waals surface area contributed by atoms with E-state index in [1.54, 1.807) is 11.0 Å². The summed E-state index contributed by atoms with van der Waals surface area (Å²) in [4.78, 5) is 40.5. The van der Waals surface area contributed by atoms with Crippen molar-refractivity contribution in [1.82, 2.24) is 20.0 Å². The van der Waals surface area contributed by atoms with E-state index in [0.717, 1.165) is 32.1 Å². The topological polar surface area (TPSA) is 110 Å². The van der Waals surface area contributed by atoms with Gasteiger partial charge in [0.2, 0.25) is 11.8 Å². The van der Waals surface area contributed by atoms with E-state index in [-0.39, 0.29) is 36.1 Å². The highest BCUT2D eigenvalue weighted by Crippen LogP contribution is 2.48. The van der Waals surface area contributed by atoms with Crippen LogP contribution >= 0.6 is 0 Å². The predicted octanol–water partition coefficient (Wildman–Crippen LogP) is 2.97. The zero-order valence-electron chi connectivity index (χ0n) is 20.2. The van der Waals surface area contributed by atoms with Crippen LogP contribution in [0, 0.1) is 5.92 Å². The number of benzene rings is 2. The fourth-order valence-electron chi connectivity index (χ4n) is 6.34. The molecule has 2 aromatic carbocycles. The van der Waals surface area contributed by atoms with E-state index < -0.39 is 11.9 Å². The lowest BCUT2D eigenvalue weighted by molar-refractivity contribution is -0.140. The first kappa shape index (κ1) is 22.8. The fourth-order valence-corrected chi connectivity index (χ4v) is 6.34. The Morgan fingerprint density at radius 2 is 1.75 bits per heavy atom. The lowest BCUT2D eigenvalue weighted by Crippen LogP contribution is -2.51. The fraction of sp³-hybridized carbons (Fsp3) is 0.429. The van der Waals surface area contributed by atoms with E-state index >= 15 is 0 Å². The van der Waals surface area contributed by atoms with Crippen LogP contribution in [0.2, 0.25) is 0 Å². The van der Waals surface area contributed by atoms with Gasteiger partial charge in [0.05, 0.1) is 5.52 Å². The molecule has 1 saturated heterocycles. The molecule has 0 spiro atoms. The van der Waals surface area contributed by atoms with Crippen molar-refractivity contribution in [2.45, 2.75) is 69.1 Å². The van der Waals surface area contributed by atoms with E-state index in [1.807, 2.05) is 24.3 Å². The average molecular weight is 486 g/mol. The number of amides is 3. The highest BCUT2D eigenvalue weighted by molar-refractivity contribution is 6.04. The third kappa shape index (κ3) is 4.14. The molecule has 1 unspecified atom stereocenters. The van der Waals surface area contributed by atoms with Crippen LogP contribution in [0.3, 0.4) is 0 Å². The Balaban J connectivity index is 1.16. The standard InChI is InChI=1S/C28H31N5O3/c29-27(35)26-21-11-4-5-12-22(21)32(31-26)16-25(34)33-23-14-19(23)15-24(33)28(36)30-20-10-6-9-18(13-20)17-7-2-1-3-8-17/h1-5,7-8,11-12,18-20,23-24H,6,9-10,13-16H2,(H2,29,35)(H,30,36)/t18-,19-,20+,23?,24+/m1/s1. The predicted molar refractivity (Wildman–Crippen MR) is 135 cm³/mol. The normalized spacial score (nSPS) is 27.0. The monoisotopic (exact) mass is 485 g/mol. The summed E-state index contributed by atoms with van der Waals surface area (Å²) in [5, 5.41) is 8.24. The van der Waals surface area contributed by atoms with Crippen molar-refractivity contribution in [3.8, 4) is 0 Å². The zero-order chi connectivity index (χ0) is 24.8. The van der Waals surface area contributed by atoms with Crippen LogP contribution in [0.4, 0.5) is 0 Å². The summed E-state index contributed by atoms with van der Waals surface area (Å²) in [5.74, 6) is 0.0307. The molecule has 0 bridgehead atoms. The number of rotatable bonds is 6. The van der Waals surface area contributed by atoms with Crippen LogP contribution in [0.5, 0.6) is 0 Å². The molecule has 8 nitrogen and oxygen atoms in total. The lowest BCUT2D eigenvalue weighted by Gasteiger charge is -2.33. The third-order valence-corrected chi connectivity index (χ3v) is 8.16. The summed E-state index contributed by atoms with van der Waals surface area (Å²) >= 11 is 0. The molecular formula is C28H31N5O3. The SMILES string of the molecule is NC(=O)c1nn(CC(=O)N2C3C[C@@H]3C[C@H]2C(=O)N[C@H]2CCC[C@@H](c3ccccc3)C2)c2ccccc12. The average Bonchev–Trinajstić information content (AvgIpc) is 3.39. The number of carbonyl (C=O) groups is 3. The molecule has 0 radical (unpaired) electrons. The Kier molecular flexibility index (Phi) is 5.74. The summed E-state index contributed by atoms with van der Waals surface area (Å²) < 4.78 is 1.54. The van der Waals surface area contributed by atoms with Gasteiger partial charge in [-0.15, -0.1) is 0 Å². The van der Waals surface area contributed by atoms with Crippen molar-refractivity contribution in [2.75, 3.05) is 0 Å². The Bertz CT molecular complexity index is 1320. The second-order valence-electron chi connectivity index (χ2n) is 10.5. The first-order valence-corrected chi connectivity index (χ1v) is 12.9. The Hall–Kier alpha value is -3.68. The van der Waals surface area contributed by atoms with Crippen molar-refractivity contribution in [2.24, 2.45) is 11.7 Å². The van der Waals surface area contributed by atoms with Crippen LogP contribution < -0.4 is 11.1 Å². The number of likely N-dealkylation sites (tertiary alicyclic amines) is 1. The van der Waals surface area contributed by atoms with E-state index in [0.29, 0.717) is 29.2 Å². The smallest absolute Gasteiger partial charge is 0.269 e. The number of para-hydroxylation sites is 1. The van der Waals surface area contributed by atoms with Crippen molar-refractivity contribution in [1.29, 1.82) is 0 Å². The van der Waals surface area contributed by atoms with Crippen LogP contribution in [0.15, 0.2) is 54.6 Å². The third-order valence-electron chi connectivity index (χ3n) is 8.16. The summed E-state index contributed by atoms with van der Waals surface area (Å²) in [6, 6.07) is 17.6. The molecule has 186 valence electrons. The molecule has 2 saturated carbocycles. The van der Waals surface area contributed by atoms with E-state index in [4.69, 9.17) is 5.73 Å². The molecule has 3 N–H and O–H groups in total. The largest absolute Gasteiger partial charge is 0.364 e. The van der Waals surface area contributed by atoms with Crippen molar-refractivity contribution in [3.05, 3.63) is 65.9 Å². The number of nitrogens with two attached hydrogens (primary N) is 1. The number of fused-ring (bicyclic) bond motifs is 2. The van der Waals surface area contributed by atoms with Gasteiger partial charge in [-0.05, 0) is 55.6 Å². The molecule has 2 heterocycles. The van der Waals surface area contributed by atoms with Crippen molar-refractivity contribution in [3.63, 3.8) is 0 Å². The van der Waals surface area contributed by atoms with Crippen molar-refractivity contribution >= 4 is 28.6 Å². The highest BCUT2D eigenvalue weighted by Gasteiger charge is 2.56. The molecular weight excluding hydrogens is 454 g/mol. The molecule has 3 amide bonds.